The van der Waals surface area contributed by atoms with E-state index < -0.39 is 11.4 Å². The van der Waals surface area contributed by atoms with Crippen LogP contribution in [0.5, 0.6) is 0 Å². The molecule has 0 aromatic heterocycles. The molecule has 1 rings (SSSR count). The van der Waals surface area contributed by atoms with Gasteiger partial charge in [-0.1, -0.05) is 13.0 Å². The first-order valence-corrected chi connectivity index (χ1v) is 7.56. The van der Waals surface area contributed by atoms with Crippen LogP contribution in [0.25, 0.3) is 0 Å². The summed E-state index contributed by atoms with van der Waals surface area (Å²) >= 11 is 1.96. The molecule has 108 valence electrons. The summed E-state index contributed by atoms with van der Waals surface area (Å²) in [5.74, 6) is -0.870. The van der Waals surface area contributed by atoms with Gasteiger partial charge in [-0.25, -0.2) is 4.39 Å². The van der Waals surface area contributed by atoms with Crippen LogP contribution in [-0.2, 0) is 0 Å². The second-order valence-electron chi connectivity index (χ2n) is 5.13. The van der Waals surface area contributed by atoms with Crippen LogP contribution < -0.4 is 0 Å². The molecule has 1 aromatic rings. The first kappa shape index (κ1) is 16.9. The van der Waals surface area contributed by atoms with E-state index in [0.29, 0.717) is 10.1 Å². The third-order valence-corrected chi connectivity index (χ3v) is 4.36. The predicted molar refractivity (Wildman–Crippen MR) is 84.8 cm³/mol. The second kappa shape index (κ2) is 7.02. The molecular formula is C15H18FIN2O. The van der Waals surface area contributed by atoms with Gasteiger partial charge in [0.25, 0.3) is 5.91 Å². The Kier molecular flexibility index (Phi) is 5.93. The van der Waals surface area contributed by atoms with Gasteiger partial charge in [0.15, 0.2) is 0 Å². The Morgan fingerprint density at radius 3 is 2.65 bits per heavy atom. The Morgan fingerprint density at radius 2 is 2.15 bits per heavy atom. The highest BCUT2D eigenvalue weighted by Gasteiger charge is 2.31. The van der Waals surface area contributed by atoms with Crippen molar-refractivity contribution < 1.29 is 9.18 Å². The zero-order chi connectivity index (χ0) is 15.3. The lowest BCUT2D eigenvalue weighted by molar-refractivity contribution is 0.0540. The van der Waals surface area contributed by atoms with Crippen LogP contribution in [0, 0.1) is 20.7 Å². The van der Waals surface area contributed by atoms with Gasteiger partial charge in [0.1, 0.15) is 5.82 Å². The fourth-order valence-corrected chi connectivity index (χ4v) is 2.56. The van der Waals surface area contributed by atoms with Gasteiger partial charge in [-0.3, -0.25) is 4.79 Å². The molecule has 0 bridgehead atoms. The highest BCUT2D eigenvalue weighted by atomic mass is 127. The summed E-state index contributed by atoms with van der Waals surface area (Å²) in [5, 5.41) is 8.75. The number of benzene rings is 1. The van der Waals surface area contributed by atoms with Crippen LogP contribution in [0.15, 0.2) is 18.2 Å². The molecule has 0 aliphatic rings. The maximum Gasteiger partial charge on any atom is 0.258 e. The quantitative estimate of drug-likeness (QED) is 0.717. The van der Waals surface area contributed by atoms with Crippen LogP contribution in [0.4, 0.5) is 4.39 Å². The molecule has 1 aromatic carbocycles. The van der Waals surface area contributed by atoms with Crippen molar-refractivity contribution in [3.05, 3.63) is 33.1 Å². The van der Waals surface area contributed by atoms with Crippen molar-refractivity contribution in [3.63, 3.8) is 0 Å². The molecule has 0 N–H and O–H groups in total. The maximum absolute atomic E-state index is 14.0. The Morgan fingerprint density at radius 1 is 1.50 bits per heavy atom. The van der Waals surface area contributed by atoms with Crippen molar-refractivity contribution >= 4 is 28.5 Å². The molecule has 3 nitrogen and oxygen atoms in total. The molecule has 0 unspecified atom stereocenters. The second-order valence-corrected chi connectivity index (χ2v) is 6.29. The normalized spacial score (nSPS) is 11.0. The summed E-state index contributed by atoms with van der Waals surface area (Å²) in [6.07, 6.45) is 0.968. The van der Waals surface area contributed by atoms with Gasteiger partial charge in [0.2, 0.25) is 0 Å². The van der Waals surface area contributed by atoms with E-state index in [1.165, 1.54) is 6.07 Å². The number of hydrogen-bond donors (Lipinski definition) is 0. The number of hydrogen-bond acceptors (Lipinski definition) is 2. The standard InChI is InChI=1S/C15H18FIN2O/c1-4-15(2,3)19(10-6-9-18)14(20)13-11(16)7-5-8-12(13)17/h5,7-8H,4,6,10H2,1-3H3. The molecule has 0 radical (unpaired) electrons. The van der Waals surface area contributed by atoms with Gasteiger partial charge < -0.3 is 4.90 Å². The predicted octanol–water partition coefficient (Wildman–Crippen LogP) is 3.97. The lowest BCUT2D eigenvalue weighted by Crippen LogP contribution is -2.48. The van der Waals surface area contributed by atoms with Crippen molar-refractivity contribution in [1.29, 1.82) is 5.26 Å². The lowest BCUT2D eigenvalue weighted by Gasteiger charge is -2.38. The van der Waals surface area contributed by atoms with Gasteiger partial charge in [-0.2, -0.15) is 5.26 Å². The first-order chi connectivity index (χ1) is 9.35. The number of carbonyl (C=O) groups is 1. The SMILES string of the molecule is CCC(C)(C)N(CCC#N)C(=O)c1c(F)cccc1I. The summed E-state index contributed by atoms with van der Waals surface area (Å²) < 4.78 is 14.5. The van der Waals surface area contributed by atoms with Crippen molar-refractivity contribution in [2.24, 2.45) is 0 Å². The number of nitriles is 1. The van der Waals surface area contributed by atoms with Gasteiger partial charge in [-0.15, -0.1) is 0 Å². The average Bonchev–Trinajstić information content (AvgIpc) is 2.38. The Balaban J connectivity index is 3.21. The molecule has 0 saturated heterocycles. The van der Waals surface area contributed by atoms with Crippen LogP contribution in [0.3, 0.4) is 0 Å². The zero-order valence-electron chi connectivity index (χ0n) is 11.9. The zero-order valence-corrected chi connectivity index (χ0v) is 14.1. The Hall–Kier alpha value is -1.16. The van der Waals surface area contributed by atoms with E-state index in [-0.39, 0.29) is 17.9 Å². The molecule has 5 heteroatoms. The van der Waals surface area contributed by atoms with E-state index in [9.17, 15) is 9.18 Å². The molecule has 20 heavy (non-hydrogen) atoms. The highest BCUT2D eigenvalue weighted by Crippen LogP contribution is 2.25. The lowest BCUT2D eigenvalue weighted by atomic mass is 9.97. The van der Waals surface area contributed by atoms with E-state index in [1.807, 2.05) is 49.4 Å². The van der Waals surface area contributed by atoms with Crippen LogP contribution in [0.1, 0.15) is 44.0 Å². The molecule has 0 fully saturated rings. The molecule has 0 heterocycles. The number of rotatable bonds is 5. The number of amides is 1. The van der Waals surface area contributed by atoms with Gasteiger partial charge in [0.05, 0.1) is 18.1 Å². The molecule has 1 amide bonds. The topological polar surface area (TPSA) is 44.1 Å². The number of carbonyl (C=O) groups excluding carboxylic acids is 1. The Labute approximate surface area is 132 Å². The van der Waals surface area contributed by atoms with Crippen LogP contribution >= 0.6 is 22.6 Å². The summed E-state index contributed by atoms with van der Waals surface area (Å²) in [6.45, 7) is 6.13. The Bertz CT molecular complexity index is 517. The summed E-state index contributed by atoms with van der Waals surface area (Å²) in [4.78, 5) is 14.3. The summed E-state index contributed by atoms with van der Waals surface area (Å²) in [5.41, 5.74) is -0.327. The molecule has 0 aliphatic carbocycles. The molecule has 0 aliphatic heterocycles. The number of halogens is 2. The molecule has 0 saturated carbocycles. The molecular weight excluding hydrogens is 370 g/mol. The van der Waals surface area contributed by atoms with Crippen molar-refractivity contribution in [1.82, 2.24) is 4.90 Å². The van der Waals surface area contributed by atoms with E-state index in [4.69, 9.17) is 5.26 Å². The highest BCUT2D eigenvalue weighted by molar-refractivity contribution is 14.1. The monoisotopic (exact) mass is 388 g/mol. The van der Waals surface area contributed by atoms with Crippen LogP contribution in [0.2, 0.25) is 0 Å². The molecule has 0 spiro atoms. The first-order valence-electron chi connectivity index (χ1n) is 6.48. The largest absolute Gasteiger partial charge is 0.332 e. The van der Waals surface area contributed by atoms with E-state index in [0.717, 1.165) is 6.42 Å². The minimum atomic E-state index is -0.518. The summed E-state index contributed by atoms with van der Waals surface area (Å²) in [6, 6.07) is 6.62. The van der Waals surface area contributed by atoms with E-state index >= 15 is 0 Å². The van der Waals surface area contributed by atoms with Gasteiger partial charge >= 0.3 is 0 Å². The van der Waals surface area contributed by atoms with Gasteiger partial charge in [-0.05, 0) is 55.0 Å². The van der Waals surface area contributed by atoms with E-state index in [2.05, 4.69) is 0 Å². The fourth-order valence-electron chi connectivity index (χ4n) is 1.87. The van der Waals surface area contributed by atoms with Crippen molar-refractivity contribution in [2.75, 3.05) is 6.54 Å². The minimum Gasteiger partial charge on any atom is -0.332 e. The van der Waals surface area contributed by atoms with Crippen LogP contribution in [-0.4, -0.2) is 22.9 Å². The van der Waals surface area contributed by atoms with Crippen molar-refractivity contribution in [3.8, 4) is 6.07 Å². The van der Waals surface area contributed by atoms with Crippen molar-refractivity contribution in [2.45, 2.75) is 39.2 Å². The third-order valence-electron chi connectivity index (χ3n) is 3.46. The smallest absolute Gasteiger partial charge is 0.258 e. The molecule has 0 atom stereocenters. The average molecular weight is 388 g/mol. The van der Waals surface area contributed by atoms with E-state index in [1.54, 1.807) is 17.0 Å². The maximum atomic E-state index is 14.0. The third kappa shape index (κ3) is 3.69. The fraction of sp³-hybridized carbons (Fsp3) is 0.467. The summed E-state index contributed by atoms with van der Waals surface area (Å²) in [7, 11) is 0. The minimum absolute atomic E-state index is 0.0903. The van der Waals surface area contributed by atoms with Gasteiger partial charge in [0, 0.05) is 15.7 Å². The number of nitrogens with zero attached hydrogens (tertiary/aromatic N) is 2.